The average molecular weight is 280 g/mol. The van der Waals surface area contributed by atoms with Crippen molar-refractivity contribution in [3.05, 3.63) is 33.9 Å². The van der Waals surface area contributed by atoms with Gasteiger partial charge in [-0.15, -0.1) is 0 Å². The van der Waals surface area contributed by atoms with Crippen molar-refractivity contribution in [2.24, 2.45) is 0 Å². The van der Waals surface area contributed by atoms with Crippen LogP contribution in [0.2, 0.25) is 0 Å². The molecule has 110 valence electrons. The number of methoxy groups -OCH3 is 1. The Morgan fingerprint density at radius 3 is 2.60 bits per heavy atom. The van der Waals surface area contributed by atoms with Gasteiger partial charge in [-0.05, 0) is 32.4 Å². The second-order valence-electron chi connectivity index (χ2n) is 4.96. The van der Waals surface area contributed by atoms with E-state index in [1.54, 1.807) is 26.0 Å². The Bertz CT molecular complexity index is 516. The number of hydrogen-bond donors (Lipinski definition) is 1. The van der Waals surface area contributed by atoms with Gasteiger partial charge in [-0.2, -0.15) is 0 Å². The summed E-state index contributed by atoms with van der Waals surface area (Å²) in [5, 5.41) is 13.9. The zero-order valence-electron chi connectivity index (χ0n) is 12.2. The number of nitro groups is 1. The van der Waals surface area contributed by atoms with E-state index < -0.39 is 10.5 Å². The molecule has 1 rings (SSSR count). The Kier molecular flexibility index (Phi) is 5.07. The van der Waals surface area contributed by atoms with E-state index in [1.807, 2.05) is 6.92 Å². The summed E-state index contributed by atoms with van der Waals surface area (Å²) >= 11 is 0. The SMILES string of the molecule is CCCC(C)(Nc1ccc([N+](=O)[O-])c(C)c1)C(=O)OC. The minimum Gasteiger partial charge on any atom is -0.467 e. The maximum atomic E-state index is 11.9. The van der Waals surface area contributed by atoms with Gasteiger partial charge in [0.15, 0.2) is 0 Å². The molecule has 0 aliphatic heterocycles. The summed E-state index contributed by atoms with van der Waals surface area (Å²) < 4.78 is 4.82. The van der Waals surface area contributed by atoms with Crippen LogP contribution >= 0.6 is 0 Å². The third kappa shape index (κ3) is 3.46. The number of benzene rings is 1. The first kappa shape index (κ1) is 15.9. The van der Waals surface area contributed by atoms with Crippen LogP contribution in [-0.2, 0) is 9.53 Å². The first-order chi connectivity index (χ1) is 9.34. The zero-order valence-corrected chi connectivity index (χ0v) is 12.2. The quantitative estimate of drug-likeness (QED) is 0.492. The first-order valence-electron chi connectivity index (χ1n) is 6.45. The van der Waals surface area contributed by atoms with Gasteiger partial charge in [-0.3, -0.25) is 10.1 Å². The molecule has 0 fully saturated rings. The van der Waals surface area contributed by atoms with Gasteiger partial charge in [0.25, 0.3) is 5.69 Å². The molecule has 0 bridgehead atoms. The third-order valence-corrected chi connectivity index (χ3v) is 3.20. The van der Waals surface area contributed by atoms with Gasteiger partial charge >= 0.3 is 5.97 Å². The molecule has 0 spiro atoms. The van der Waals surface area contributed by atoms with Crippen LogP contribution in [0.25, 0.3) is 0 Å². The van der Waals surface area contributed by atoms with E-state index in [-0.39, 0.29) is 11.7 Å². The number of carbonyl (C=O) groups excluding carboxylic acids is 1. The van der Waals surface area contributed by atoms with Crippen molar-refractivity contribution in [1.29, 1.82) is 0 Å². The van der Waals surface area contributed by atoms with Crippen LogP contribution in [0.1, 0.15) is 32.3 Å². The van der Waals surface area contributed by atoms with E-state index in [1.165, 1.54) is 13.2 Å². The highest BCUT2D eigenvalue weighted by molar-refractivity contribution is 5.84. The lowest BCUT2D eigenvalue weighted by Gasteiger charge is -2.28. The molecule has 1 aromatic carbocycles. The van der Waals surface area contributed by atoms with Crippen LogP contribution in [0.15, 0.2) is 18.2 Å². The minimum atomic E-state index is -0.841. The highest BCUT2D eigenvalue weighted by Gasteiger charge is 2.33. The van der Waals surface area contributed by atoms with Crippen molar-refractivity contribution >= 4 is 17.3 Å². The Balaban J connectivity index is 3.03. The highest BCUT2D eigenvalue weighted by atomic mass is 16.6. The summed E-state index contributed by atoms with van der Waals surface area (Å²) in [5.74, 6) is -0.352. The van der Waals surface area contributed by atoms with E-state index in [4.69, 9.17) is 4.74 Å². The van der Waals surface area contributed by atoms with Crippen LogP contribution in [0.4, 0.5) is 11.4 Å². The number of nitro benzene ring substituents is 1. The molecule has 0 radical (unpaired) electrons. The highest BCUT2D eigenvalue weighted by Crippen LogP contribution is 2.26. The van der Waals surface area contributed by atoms with Gasteiger partial charge in [-0.1, -0.05) is 13.3 Å². The van der Waals surface area contributed by atoms with Gasteiger partial charge in [0.2, 0.25) is 0 Å². The molecule has 1 unspecified atom stereocenters. The zero-order chi connectivity index (χ0) is 15.3. The molecule has 20 heavy (non-hydrogen) atoms. The van der Waals surface area contributed by atoms with Gasteiger partial charge in [0.05, 0.1) is 12.0 Å². The number of hydrogen-bond acceptors (Lipinski definition) is 5. The number of anilines is 1. The van der Waals surface area contributed by atoms with Crippen LogP contribution < -0.4 is 5.32 Å². The van der Waals surface area contributed by atoms with Crippen LogP contribution in [0.3, 0.4) is 0 Å². The Morgan fingerprint density at radius 2 is 2.15 bits per heavy atom. The standard InChI is InChI=1S/C14H20N2O4/c1-5-8-14(3,13(17)20-4)15-11-6-7-12(16(18)19)10(2)9-11/h6-7,9,15H,5,8H2,1-4H3. The lowest BCUT2D eigenvalue weighted by molar-refractivity contribution is -0.385. The normalized spacial score (nSPS) is 13.4. The average Bonchev–Trinajstić information content (AvgIpc) is 2.37. The Labute approximate surface area is 118 Å². The molecule has 0 amide bonds. The monoisotopic (exact) mass is 280 g/mol. The molecule has 0 aliphatic rings. The molecular formula is C14H20N2O4. The summed E-state index contributed by atoms with van der Waals surface area (Å²) in [7, 11) is 1.35. The molecule has 0 saturated heterocycles. The predicted octanol–water partition coefficient (Wildman–Crippen LogP) is 3.05. The fraction of sp³-hybridized carbons (Fsp3) is 0.500. The smallest absolute Gasteiger partial charge is 0.331 e. The summed E-state index contributed by atoms with van der Waals surface area (Å²) in [6.07, 6.45) is 1.42. The fourth-order valence-corrected chi connectivity index (χ4v) is 2.20. The number of aryl methyl sites for hydroxylation is 1. The second-order valence-corrected chi connectivity index (χ2v) is 4.96. The fourth-order valence-electron chi connectivity index (χ4n) is 2.20. The number of nitrogens with zero attached hydrogens (tertiary/aromatic N) is 1. The lowest BCUT2D eigenvalue weighted by atomic mass is 9.95. The molecule has 6 heteroatoms. The predicted molar refractivity (Wildman–Crippen MR) is 76.8 cm³/mol. The molecule has 1 N–H and O–H groups in total. The van der Waals surface area contributed by atoms with Crippen molar-refractivity contribution in [1.82, 2.24) is 0 Å². The van der Waals surface area contributed by atoms with E-state index in [0.717, 1.165) is 6.42 Å². The number of nitrogens with one attached hydrogen (secondary N) is 1. The van der Waals surface area contributed by atoms with E-state index >= 15 is 0 Å². The summed E-state index contributed by atoms with van der Waals surface area (Å²) in [5.41, 5.74) is 0.426. The molecule has 0 aromatic heterocycles. The topological polar surface area (TPSA) is 81.5 Å². The number of esters is 1. The molecule has 1 aromatic rings. The molecule has 0 aliphatic carbocycles. The van der Waals surface area contributed by atoms with Crippen LogP contribution in [-0.4, -0.2) is 23.5 Å². The summed E-state index contributed by atoms with van der Waals surface area (Å²) in [6, 6.07) is 4.69. The Morgan fingerprint density at radius 1 is 1.50 bits per heavy atom. The maximum Gasteiger partial charge on any atom is 0.331 e. The van der Waals surface area contributed by atoms with Gasteiger partial charge in [0.1, 0.15) is 5.54 Å². The maximum absolute atomic E-state index is 11.9. The van der Waals surface area contributed by atoms with E-state index in [0.29, 0.717) is 17.7 Å². The van der Waals surface area contributed by atoms with Crippen molar-refractivity contribution in [2.45, 2.75) is 39.2 Å². The summed E-state index contributed by atoms with van der Waals surface area (Å²) in [4.78, 5) is 22.3. The van der Waals surface area contributed by atoms with E-state index in [9.17, 15) is 14.9 Å². The number of rotatable bonds is 6. The second kappa shape index (κ2) is 6.36. The minimum absolute atomic E-state index is 0.0609. The first-order valence-corrected chi connectivity index (χ1v) is 6.45. The largest absolute Gasteiger partial charge is 0.467 e. The van der Waals surface area contributed by atoms with Crippen LogP contribution in [0, 0.1) is 17.0 Å². The van der Waals surface area contributed by atoms with Crippen molar-refractivity contribution in [3.63, 3.8) is 0 Å². The van der Waals surface area contributed by atoms with Crippen LogP contribution in [0.5, 0.6) is 0 Å². The van der Waals surface area contributed by atoms with Gasteiger partial charge in [0, 0.05) is 17.3 Å². The number of ether oxygens (including phenoxy) is 1. The molecular weight excluding hydrogens is 260 g/mol. The van der Waals surface area contributed by atoms with Crippen molar-refractivity contribution < 1.29 is 14.5 Å². The van der Waals surface area contributed by atoms with Crippen molar-refractivity contribution in [2.75, 3.05) is 12.4 Å². The van der Waals surface area contributed by atoms with Gasteiger partial charge < -0.3 is 10.1 Å². The third-order valence-electron chi connectivity index (χ3n) is 3.20. The lowest BCUT2D eigenvalue weighted by Crippen LogP contribution is -2.44. The molecule has 0 heterocycles. The molecule has 6 nitrogen and oxygen atoms in total. The number of carbonyl (C=O) groups is 1. The molecule has 1 atom stereocenters. The van der Waals surface area contributed by atoms with E-state index in [2.05, 4.69) is 5.32 Å². The Hall–Kier alpha value is -2.11. The van der Waals surface area contributed by atoms with Gasteiger partial charge in [-0.25, -0.2) is 4.79 Å². The van der Waals surface area contributed by atoms with Crippen molar-refractivity contribution in [3.8, 4) is 0 Å². The molecule has 0 saturated carbocycles. The summed E-state index contributed by atoms with van der Waals surface area (Å²) in [6.45, 7) is 5.40.